The molecule has 0 bridgehead atoms. The van der Waals surface area contributed by atoms with Crippen molar-refractivity contribution in [2.24, 2.45) is 0 Å². The lowest BCUT2D eigenvalue weighted by Crippen LogP contribution is -2.29. The van der Waals surface area contributed by atoms with Crippen molar-refractivity contribution in [1.29, 1.82) is 0 Å². The molecule has 0 atom stereocenters. The summed E-state index contributed by atoms with van der Waals surface area (Å²) in [6.07, 6.45) is 9.79. The molecule has 0 unspecified atom stereocenters. The number of hydrogen-bond acceptors (Lipinski definition) is 3. The van der Waals surface area contributed by atoms with Gasteiger partial charge >= 0.3 is 0 Å². The monoisotopic (exact) mass is 391 g/mol. The van der Waals surface area contributed by atoms with Gasteiger partial charge in [0.15, 0.2) is 5.11 Å². The quantitative estimate of drug-likeness (QED) is 0.527. The van der Waals surface area contributed by atoms with E-state index in [1.165, 1.54) is 37.9 Å². The van der Waals surface area contributed by atoms with E-state index in [9.17, 15) is 4.79 Å². The molecule has 2 aliphatic rings. The number of amides is 1. The van der Waals surface area contributed by atoms with Crippen molar-refractivity contribution in [3.05, 3.63) is 24.3 Å². The van der Waals surface area contributed by atoms with Crippen molar-refractivity contribution in [1.82, 2.24) is 5.32 Å². The first-order valence-corrected chi connectivity index (χ1v) is 11.2. The largest absolute Gasteiger partial charge is 0.362 e. The maximum atomic E-state index is 11.8. The highest BCUT2D eigenvalue weighted by molar-refractivity contribution is 7.99. The van der Waals surface area contributed by atoms with Crippen molar-refractivity contribution in [3.63, 3.8) is 0 Å². The number of nitrogens with one attached hydrogen (secondary N) is 2. The summed E-state index contributed by atoms with van der Waals surface area (Å²) >= 11 is 7.51. The minimum absolute atomic E-state index is 0.217. The predicted octanol–water partition coefficient (Wildman–Crippen LogP) is 4.56. The van der Waals surface area contributed by atoms with Crippen LogP contribution in [0, 0.1) is 0 Å². The second-order valence-electron chi connectivity index (χ2n) is 7.06. The third kappa shape index (κ3) is 5.88. The lowest BCUT2D eigenvalue weighted by atomic mass is 10.0. The lowest BCUT2D eigenvalue weighted by Gasteiger charge is -2.21. The first-order valence-electron chi connectivity index (χ1n) is 9.79. The summed E-state index contributed by atoms with van der Waals surface area (Å²) in [6, 6.07) is 7.92. The van der Waals surface area contributed by atoms with Gasteiger partial charge in [-0.2, -0.15) is 11.8 Å². The van der Waals surface area contributed by atoms with Gasteiger partial charge in [-0.25, -0.2) is 0 Å². The molecule has 1 aliphatic heterocycles. The Kier molecular flexibility index (Phi) is 7.62. The molecule has 26 heavy (non-hydrogen) atoms. The van der Waals surface area contributed by atoms with E-state index in [-0.39, 0.29) is 5.91 Å². The Labute approximate surface area is 166 Å². The molecule has 0 aromatic heterocycles. The molecule has 2 N–H and O–H groups in total. The molecule has 0 radical (unpaired) electrons. The summed E-state index contributed by atoms with van der Waals surface area (Å²) in [5, 5.41) is 8.06. The van der Waals surface area contributed by atoms with Crippen molar-refractivity contribution in [3.8, 4) is 0 Å². The summed E-state index contributed by atoms with van der Waals surface area (Å²) in [5.74, 6) is 1.42. The van der Waals surface area contributed by atoms with Gasteiger partial charge in [0.05, 0.1) is 0 Å². The Bertz CT molecular complexity index is 600. The van der Waals surface area contributed by atoms with Crippen LogP contribution < -0.4 is 15.5 Å². The maximum absolute atomic E-state index is 11.8. The molecule has 0 spiro atoms. The van der Waals surface area contributed by atoms with Crippen LogP contribution in [0.3, 0.4) is 0 Å². The fourth-order valence-electron chi connectivity index (χ4n) is 3.58. The van der Waals surface area contributed by atoms with Crippen molar-refractivity contribution in [2.45, 2.75) is 56.6 Å². The van der Waals surface area contributed by atoms with E-state index in [1.54, 1.807) is 0 Å². The summed E-state index contributed by atoms with van der Waals surface area (Å²) in [7, 11) is 0. The molecule has 1 saturated heterocycles. The van der Waals surface area contributed by atoms with E-state index in [0.29, 0.717) is 11.5 Å². The Morgan fingerprint density at radius 3 is 2.62 bits per heavy atom. The standard InChI is InChI=1S/C20H29N3OS2/c24-19-8-4-14-23(19)17-11-9-16(10-12-17)22-20(25)21-13-5-15-26-18-6-2-1-3-7-18/h9-12,18H,1-8,13-15H2,(H2,21,22,25). The molecule has 1 aromatic rings. The van der Waals surface area contributed by atoms with E-state index >= 15 is 0 Å². The number of thiocarbonyl (C=S) groups is 1. The van der Waals surface area contributed by atoms with Gasteiger partial charge in [-0.3, -0.25) is 4.79 Å². The highest BCUT2D eigenvalue weighted by atomic mass is 32.2. The van der Waals surface area contributed by atoms with Gasteiger partial charge in [0, 0.05) is 36.1 Å². The number of carbonyl (C=O) groups excluding carboxylic acids is 1. The van der Waals surface area contributed by atoms with Crippen molar-refractivity contribution in [2.75, 3.05) is 29.1 Å². The van der Waals surface area contributed by atoms with Crippen LogP contribution in [0.1, 0.15) is 51.4 Å². The Morgan fingerprint density at radius 2 is 1.92 bits per heavy atom. The second-order valence-corrected chi connectivity index (χ2v) is 8.88. The predicted molar refractivity (Wildman–Crippen MR) is 116 cm³/mol. The topological polar surface area (TPSA) is 44.4 Å². The van der Waals surface area contributed by atoms with E-state index in [4.69, 9.17) is 12.2 Å². The molecule has 1 amide bonds. The SMILES string of the molecule is O=C1CCCN1c1ccc(NC(=S)NCCCSC2CCCCC2)cc1. The third-order valence-corrected chi connectivity index (χ3v) is 6.74. The van der Waals surface area contributed by atoms with Crippen molar-refractivity contribution < 1.29 is 4.79 Å². The number of carbonyl (C=O) groups is 1. The first kappa shape index (κ1) is 19.5. The lowest BCUT2D eigenvalue weighted by molar-refractivity contribution is -0.117. The van der Waals surface area contributed by atoms with Crippen LogP contribution in [0.2, 0.25) is 0 Å². The molecule has 3 rings (SSSR count). The van der Waals surface area contributed by atoms with Gasteiger partial charge in [-0.1, -0.05) is 19.3 Å². The van der Waals surface area contributed by atoms with Gasteiger partial charge in [-0.05, 0) is 67.9 Å². The average Bonchev–Trinajstić information content (AvgIpc) is 3.09. The zero-order chi connectivity index (χ0) is 18.2. The molecular formula is C20H29N3OS2. The number of nitrogens with zero attached hydrogens (tertiary/aromatic N) is 1. The first-order chi connectivity index (χ1) is 12.7. The fraction of sp³-hybridized carbons (Fsp3) is 0.600. The Balaban J connectivity index is 1.32. The van der Waals surface area contributed by atoms with Crippen LogP contribution in [-0.4, -0.2) is 35.1 Å². The minimum atomic E-state index is 0.217. The Morgan fingerprint density at radius 1 is 1.15 bits per heavy atom. The Hall–Kier alpha value is -1.27. The number of hydrogen-bond donors (Lipinski definition) is 2. The smallest absolute Gasteiger partial charge is 0.227 e. The van der Waals surface area contributed by atoms with Crippen LogP contribution in [0.5, 0.6) is 0 Å². The zero-order valence-corrected chi connectivity index (χ0v) is 17.0. The van der Waals surface area contributed by atoms with Crippen molar-refractivity contribution >= 4 is 46.4 Å². The van der Waals surface area contributed by atoms with Crippen LogP contribution in [0.4, 0.5) is 11.4 Å². The van der Waals surface area contributed by atoms with Crippen LogP contribution >= 0.6 is 24.0 Å². The zero-order valence-electron chi connectivity index (χ0n) is 15.3. The van der Waals surface area contributed by atoms with Crippen LogP contribution in [-0.2, 0) is 4.79 Å². The highest BCUT2D eigenvalue weighted by Gasteiger charge is 2.21. The molecule has 142 valence electrons. The third-order valence-electron chi connectivity index (χ3n) is 5.02. The number of rotatable bonds is 7. The van der Waals surface area contributed by atoms with Crippen LogP contribution in [0.25, 0.3) is 0 Å². The molecular weight excluding hydrogens is 362 g/mol. The molecule has 4 nitrogen and oxygen atoms in total. The van der Waals surface area contributed by atoms with Gasteiger partial charge in [0.2, 0.25) is 5.91 Å². The highest BCUT2D eigenvalue weighted by Crippen LogP contribution is 2.28. The van der Waals surface area contributed by atoms with Crippen LogP contribution in [0.15, 0.2) is 24.3 Å². The number of benzene rings is 1. The molecule has 1 saturated carbocycles. The molecule has 1 heterocycles. The van der Waals surface area contributed by atoms with E-state index in [1.807, 2.05) is 29.2 Å². The summed E-state index contributed by atoms with van der Waals surface area (Å²) in [4.78, 5) is 13.6. The van der Waals surface area contributed by atoms with Gasteiger partial charge < -0.3 is 15.5 Å². The summed E-state index contributed by atoms with van der Waals surface area (Å²) in [5.41, 5.74) is 1.92. The van der Waals surface area contributed by atoms with Gasteiger partial charge in [-0.15, -0.1) is 0 Å². The van der Waals surface area contributed by atoms with E-state index in [2.05, 4.69) is 22.4 Å². The second kappa shape index (κ2) is 10.2. The van der Waals surface area contributed by atoms with Gasteiger partial charge in [0.1, 0.15) is 0 Å². The average molecular weight is 392 g/mol. The maximum Gasteiger partial charge on any atom is 0.227 e. The van der Waals surface area contributed by atoms with E-state index in [0.717, 1.165) is 42.6 Å². The van der Waals surface area contributed by atoms with Gasteiger partial charge in [0.25, 0.3) is 0 Å². The van der Waals surface area contributed by atoms with E-state index < -0.39 is 0 Å². The summed E-state index contributed by atoms with van der Waals surface area (Å²) in [6.45, 7) is 1.73. The number of thioether (sulfide) groups is 1. The molecule has 6 heteroatoms. The molecule has 2 fully saturated rings. The number of anilines is 2. The normalized spacial score (nSPS) is 18.2. The fourth-order valence-corrected chi connectivity index (χ4v) is 5.11. The molecule has 1 aromatic carbocycles. The molecule has 1 aliphatic carbocycles. The minimum Gasteiger partial charge on any atom is -0.362 e. The summed E-state index contributed by atoms with van der Waals surface area (Å²) < 4.78 is 0.